The molecule has 1 aliphatic rings. The predicted molar refractivity (Wildman–Crippen MR) is 89.3 cm³/mol. The van der Waals surface area contributed by atoms with E-state index in [9.17, 15) is 4.79 Å². The predicted octanol–water partition coefficient (Wildman–Crippen LogP) is 3.21. The van der Waals surface area contributed by atoms with E-state index in [1.54, 1.807) is 12.3 Å². The molecule has 1 atom stereocenters. The van der Waals surface area contributed by atoms with E-state index in [1.807, 2.05) is 53.1 Å². The fraction of sp³-hybridized carbons (Fsp3) is 0.294. The van der Waals surface area contributed by atoms with Gasteiger partial charge in [0.1, 0.15) is 0 Å². The Morgan fingerprint density at radius 2 is 2.24 bits per heavy atom. The second-order valence-corrected chi connectivity index (χ2v) is 6.76. The highest BCUT2D eigenvalue weighted by Gasteiger charge is 2.19. The smallest absolute Gasteiger partial charge is 0.246 e. The van der Waals surface area contributed by atoms with Crippen LogP contribution >= 0.6 is 11.8 Å². The Morgan fingerprint density at radius 1 is 1.38 bits per heavy atom. The SMILES string of the molecule is CC1CN(C(=O)C=Cc2ccnc3ccccc23)CCS1. The molecule has 0 spiro atoms. The molecule has 0 aliphatic carbocycles. The number of carbonyl (C=O) groups excluding carboxylic acids is 1. The van der Waals surface area contributed by atoms with E-state index >= 15 is 0 Å². The summed E-state index contributed by atoms with van der Waals surface area (Å²) in [6.07, 6.45) is 5.37. The van der Waals surface area contributed by atoms with Crippen LogP contribution in [0.3, 0.4) is 0 Å². The number of fused-ring (bicyclic) bond motifs is 1. The normalized spacial score (nSPS) is 19.3. The molecule has 1 aromatic carbocycles. The summed E-state index contributed by atoms with van der Waals surface area (Å²) in [6.45, 7) is 3.85. The number of hydrogen-bond donors (Lipinski definition) is 0. The van der Waals surface area contributed by atoms with Gasteiger partial charge in [-0.15, -0.1) is 0 Å². The van der Waals surface area contributed by atoms with Gasteiger partial charge in [0.15, 0.2) is 0 Å². The summed E-state index contributed by atoms with van der Waals surface area (Å²) >= 11 is 1.93. The van der Waals surface area contributed by atoms with Gasteiger partial charge in [-0.1, -0.05) is 25.1 Å². The molecule has 0 N–H and O–H groups in total. The first-order chi connectivity index (χ1) is 10.2. The van der Waals surface area contributed by atoms with Crippen molar-refractivity contribution in [2.75, 3.05) is 18.8 Å². The van der Waals surface area contributed by atoms with Gasteiger partial charge in [0.05, 0.1) is 5.52 Å². The average molecular weight is 298 g/mol. The molecule has 0 saturated carbocycles. The van der Waals surface area contributed by atoms with Crippen LogP contribution in [0.1, 0.15) is 12.5 Å². The number of rotatable bonds is 2. The third kappa shape index (κ3) is 3.27. The standard InChI is InChI=1S/C17H18N2OS/c1-13-12-19(10-11-21-13)17(20)7-6-14-8-9-18-16-5-3-2-4-15(14)16/h2-9,13H,10-12H2,1H3. The lowest BCUT2D eigenvalue weighted by molar-refractivity contribution is -0.125. The van der Waals surface area contributed by atoms with Gasteiger partial charge < -0.3 is 4.90 Å². The van der Waals surface area contributed by atoms with Crippen LogP contribution in [0.5, 0.6) is 0 Å². The largest absolute Gasteiger partial charge is 0.337 e. The number of carbonyl (C=O) groups is 1. The number of benzene rings is 1. The van der Waals surface area contributed by atoms with Crippen molar-refractivity contribution < 1.29 is 4.79 Å². The molecule has 21 heavy (non-hydrogen) atoms. The van der Waals surface area contributed by atoms with Crippen molar-refractivity contribution in [2.45, 2.75) is 12.2 Å². The first-order valence-electron chi connectivity index (χ1n) is 7.16. The van der Waals surface area contributed by atoms with Crippen molar-refractivity contribution in [3.63, 3.8) is 0 Å². The van der Waals surface area contributed by atoms with E-state index in [0.717, 1.165) is 35.3 Å². The first-order valence-corrected chi connectivity index (χ1v) is 8.21. The molecule has 1 saturated heterocycles. The van der Waals surface area contributed by atoms with Crippen LogP contribution in [0.25, 0.3) is 17.0 Å². The van der Waals surface area contributed by atoms with Gasteiger partial charge in [-0.2, -0.15) is 11.8 Å². The van der Waals surface area contributed by atoms with Crippen molar-refractivity contribution in [1.82, 2.24) is 9.88 Å². The molecule has 2 aromatic rings. The fourth-order valence-corrected chi connectivity index (χ4v) is 3.56. The van der Waals surface area contributed by atoms with Crippen molar-refractivity contribution in [1.29, 1.82) is 0 Å². The number of pyridine rings is 1. The zero-order valence-electron chi connectivity index (χ0n) is 12.0. The van der Waals surface area contributed by atoms with Gasteiger partial charge in [0.2, 0.25) is 5.91 Å². The van der Waals surface area contributed by atoms with E-state index in [-0.39, 0.29) is 5.91 Å². The highest BCUT2D eigenvalue weighted by molar-refractivity contribution is 7.99. The van der Waals surface area contributed by atoms with Gasteiger partial charge in [0, 0.05) is 41.8 Å². The van der Waals surface area contributed by atoms with Crippen LogP contribution < -0.4 is 0 Å². The van der Waals surface area contributed by atoms with E-state index in [0.29, 0.717) is 5.25 Å². The van der Waals surface area contributed by atoms with Crippen molar-refractivity contribution in [3.8, 4) is 0 Å². The summed E-state index contributed by atoms with van der Waals surface area (Å²) in [5.74, 6) is 1.13. The molecule has 108 valence electrons. The van der Waals surface area contributed by atoms with Crippen molar-refractivity contribution in [2.24, 2.45) is 0 Å². The number of hydrogen-bond acceptors (Lipinski definition) is 3. The number of para-hydroxylation sites is 1. The molecule has 1 aromatic heterocycles. The minimum Gasteiger partial charge on any atom is -0.337 e. The summed E-state index contributed by atoms with van der Waals surface area (Å²) in [5, 5.41) is 1.60. The van der Waals surface area contributed by atoms with E-state index < -0.39 is 0 Å². The maximum atomic E-state index is 12.3. The van der Waals surface area contributed by atoms with Crippen LogP contribution in [0, 0.1) is 0 Å². The van der Waals surface area contributed by atoms with Gasteiger partial charge in [-0.3, -0.25) is 9.78 Å². The minimum absolute atomic E-state index is 0.100. The minimum atomic E-state index is 0.100. The number of amides is 1. The summed E-state index contributed by atoms with van der Waals surface area (Å²) in [5.41, 5.74) is 1.99. The van der Waals surface area contributed by atoms with Crippen molar-refractivity contribution >= 4 is 34.6 Å². The second kappa shape index (κ2) is 6.31. The Hall–Kier alpha value is -1.81. The quantitative estimate of drug-likeness (QED) is 0.798. The molecule has 3 rings (SSSR count). The molecule has 1 amide bonds. The van der Waals surface area contributed by atoms with Crippen LogP contribution in [0.2, 0.25) is 0 Å². The fourth-order valence-electron chi connectivity index (χ4n) is 2.55. The highest BCUT2D eigenvalue weighted by Crippen LogP contribution is 2.19. The van der Waals surface area contributed by atoms with Crippen LogP contribution in [-0.2, 0) is 4.79 Å². The maximum absolute atomic E-state index is 12.3. The molecular formula is C17H18N2OS. The van der Waals surface area contributed by atoms with Crippen molar-refractivity contribution in [3.05, 3.63) is 48.2 Å². The van der Waals surface area contributed by atoms with Gasteiger partial charge in [-0.05, 0) is 23.8 Å². The maximum Gasteiger partial charge on any atom is 0.246 e. The average Bonchev–Trinajstić information content (AvgIpc) is 2.52. The monoisotopic (exact) mass is 298 g/mol. The Morgan fingerprint density at radius 3 is 3.10 bits per heavy atom. The Labute approximate surface area is 129 Å². The molecule has 3 nitrogen and oxygen atoms in total. The summed E-state index contributed by atoms with van der Waals surface area (Å²) < 4.78 is 0. The number of nitrogens with zero attached hydrogens (tertiary/aromatic N) is 2. The molecule has 4 heteroatoms. The Bertz CT molecular complexity index is 678. The van der Waals surface area contributed by atoms with Crippen LogP contribution in [0.15, 0.2) is 42.6 Å². The zero-order valence-corrected chi connectivity index (χ0v) is 12.8. The van der Waals surface area contributed by atoms with E-state index in [4.69, 9.17) is 0 Å². The Balaban J connectivity index is 1.80. The van der Waals surface area contributed by atoms with Gasteiger partial charge >= 0.3 is 0 Å². The molecular weight excluding hydrogens is 280 g/mol. The molecule has 0 radical (unpaired) electrons. The van der Waals surface area contributed by atoms with E-state index in [1.165, 1.54) is 0 Å². The van der Waals surface area contributed by atoms with Crippen LogP contribution in [0.4, 0.5) is 0 Å². The first kappa shape index (κ1) is 14.1. The summed E-state index contributed by atoms with van der Waals surface area (Å²) in [7, 11) is 0. The lowest BCUT2D eigenvalue weighted by Crippen LogP contribution is -2.40. The lowest BCUT2D eigenvalue weighted by Gasteiger charge is -2.29. The summed E-state index contributed by atoms with van der Waals surface area (Å²) in [4.78, 5) is 18.5. The van der Waals surface area contributed by atoms with Gasteiger partial charge in [-0.25, -0.2) is 0 Å². The number of aromatic nitrogens is 1. The lowest BCUT2D eigenvalue weighted by atomic mass is 10.1. The third-order valence-electron chi connectivity index (χ3n) is 3.64. The third-order valence-corrected chi connectivity index (χ3v) is 4.78. The Kier molecular flexibility index (Phi) is 4.25. The molecule has 0 bridgehead atoms. The molecule has 1 aliphatic heterocycles. The topological polar surface area (TPSA) is 33.2 Å². The zero-order chi connectivity index (χ0) is 14.7. The molecule has 1 unspecified atom stereocenters. The number of thioether (sulfide) groups is 1. The highest BCUT2D eigenvalue weighted by atomic mass is 32.2. The second-order valence-electron chi connectivity index (χ2n) is 5.22. The van der Waals surface area contributed by atoms with E-state index in [2.05, 4.69) is 11.9 Å². The molecule has 2 heterocycles. The summed E-state index contributed by atoms with van der Waals surface area (Å²) in [6, 6.07) is 9.93. The van der Waals surface area contributed by atoms with Gasteiger partial charge in [0.25, 0.3) is 0 Å². The van der Waals surface area contributed by atoms with Crippen LogP contribution in [-0.4, -0.2) is 39.9 Å². The molecule has 1 fully saturated rings.